The average Bonchev–Trinajstić information content (AvgIpc) is 3.06. The summed E-state index contributed by atoms with van der Waals surface area (Å²) in [6.07, 6.45) is -2.02. The van der Waals surface area contributed by atoms with E-state index in [4.69, 9.17) is 0 Å². The molecule has 0 spiro atoms. The lowest BCUT2D eigenvalue weighted by Gasteiger charge is -2.33. The number of amides is 1. The standard InChI is InChI=1S/C18H25F3N2OS/c1-12(23-7-5-16-14(11-23)6-8-25-16)10-22-17(24)13-3-2-4-15(9-13)18(19,20)21/h6,8,12-13,15H,2-5,7,9-11H2,1H3,(H,22,24)/t12-,13+,15+/m1/s1. The lowest BCUT2D eigenvalue weighted by atomic mass is 9.80. The van der Waals surface area contributed by atoms with E-state index in [2.05, 4.69) is 28.6 Å². The molecule has 0 saturated heterocycles. The first-order valence-corrected chi connectivity index (χ1v) is 9.86. The van der Waals surface area contributed by atoms with Crippen molar-refractivity contribution >= 4 is 17.2 Å². The van der Waals surface area contributed by atoms with Gasteiger partial charge >= 0.3 is 6.18 Å². The van der Waals surface area contributed by atoms with Crippen molar-refractivity contribution < 1.29 is 18.0 Å². The van der Waals surface area contributed by atoms with Gasteiger partial charge in [-0.2, -0.15) is 13.2 Å². The van der Waals surface area contributed by atoms with E-state index < -0.39 is 18.0 Å². The van der Waals surface area contributed by atoms with Gasteiger partial charge in [0.15, 0.2) is 0 Å². The fraction of sp³-hybridized carbons (Fsp3) is 0.722. The Labute approximate surface area is 150 Å². The lowest BCUT2D eigenvalue weighted by Crippen LogP contribution is -2.46. The number of carbonyl (C=O) groups excluding carboxylic acids is 1. The number of halogens is 3. The van der Waals surface area contributed by atoms with E-state index in [1.165, 1.54) is 10.4 Å². The van der Waals surface area contributed by atoms with E-state index in [-0.39, 0.29) is 24.8 Å². The first-order valence-electron chi connectivity index (χ1n) is 8.98. The lowest BCUT2D eigenvalue weighted by molar-refractivity contribution is -0.186. The van der Waals surface area contributed by atoms with Crippen molar-refractivity contribution in [2.45, 2.75) is 57.8 Å². The molecule has 1 aromatic heterocycles. The van der Waals surface area contributed by atoms with E-state index in [0.717, 1.165) is 19.5 Å². The summed E-state index contributed by atoms with van der Waals surface area (Å²) in [5.41, 5.74) is 1.36. The molecule has 2 aliphatic rings. The first kappa shape index (κ1) is 18.7. The van der Waals surface area contributed by atoms with Crippen LogP contribution in [0.25, 0.3) is 0 Å². The Balaban J connectivity index is 1.47. The van der Waals surface area contributed by atoms with Crippen molar-refractivity contribution in [1.29, 1.82) is 0 Å². The molecule has 1 aromatic rings. The Kier molecular flexibility index (Phi) is 5.73. The monoisotopic (exact) mass is 374 g/mol. The van der Waals surface area contributed by atoms with Crippen LogP contribution in [0.4, 0.5) is 13.2 Å². The Hall–Kier alpha value is -1.08. The molecule has 1 fully saturated rings. The molecule has 3 rings (SSSR count). The van der Waals surface area contributed by atoms with Gasteiger partial charge < -0.3 is 5.32 Å². The number of hydrogen-bond acceptors (Lipinski definition) is 3. The molecule has 1 aliphatic carbocycles. The average molecular weight is 374 g/mol. The highest BCUT2D eigenvalue weighted by molar-refractivity contribution is 7.10. The summed E-state index contributed by atoms with van der Waals surface area (Å²) >= 11 is 1.79. The molecule has 1 amide bonds. The van der Waals surface area contributed by atoms with E-state index in [9.17, 15) is 18.0 Å². The summed E-state index contributed by atoms with van der Waals surface area (Å²) in [5.74, 6) is -2.04. The Morgan fingerprint density at radius 1 is 1.44 bits per heavy atom. The zero-order chi connectivity index (χ0) is 18.0. The summed E-state index contributed by atoms with van der Waals surface area (Å²) in [4.78, 5) is 16.1. The van der Waals surface area contributed by atoms with Gasteiger partial charge in [0, 0.05) is 36.5 Å². The molecule has 0 bridgehead atoms. The molecule has 2 heterocycles. The van der Waals surface area contributed by atoms with Crippen molar-refractivity contribution in [3.63, 3.8) is 0 Å². The van der Waals surface area contributed by atoms with Gasteiger partial charge in [-0.05, 0) is 49.6 Å². The number of fused-ring (bicyclic) bond motifs is 1. The van der Waals surface area contributed by atoms with Crippen molar-refractivity contribution in [3.05, 3.63) is 21.9 Å². The smallest absolute Gasteiger partial charge is 0.354 e. The number of rotatable bonds is 4. The highest BCUT2D eigenvalue weighted by Crippen LogP contribution is 2.39. The minimum Gasteiger partial charge on any atom is -0.354 e. The second kappa shape index (κ2) is 7.66. The molecule has 1 N–H and O–H groups in total. The molecular weight excluding hydrogens is 349 g/mol. The molecule has 0 aromatic carbocycles. The fourth-order valence-electron chi connectivity index (χ4n) is 3.89. The van der Waals surface area contributed by atoms with Gasteiger partial charge in [-0.1, -0.05) is 6.42 Å². The SMILES string of the molecule is C[C@H](CNC(=O)[C@H]1CCC[C@H](C(F)(F)F)C1)N1CCc2sccc2C1. The quantitative estimate of drug-likeness (QED) is 0.865. The molecule has 1 aliphatic heterocycles. The van der Waals surface area contributed by atoms with E-state index in [1.807, 2.05) is 0 Å². The van der Waals surface area contributed by atoms with E-state index >= 15 is 0 Å². The van der Waals surface area contributed by atoms with Gasteiger partial charge in [-0.15, -0.1) is 11.3 Å². The summed E-state index contributed by atoms with van der Waals surface area (Å²) in [5, 5.41) is 5.01. The van der Waals surface area contributed by atoms with Crippen molar-refractivity contribution in [1.82, 2.24) is 10.2 Å². The highest BCUT2D eigenvalue weighted by Gasteiger charge is 2.43. The molecular formula is C18H25F3N2OS. The van der Waals surface area contributed by atoms with E-state index in [0.29, 0.717) is 19.4 Å². The zero-order valence-electron chi connectivity index (χ0n) is 14.4. The fourth-order valence-corrected chi connectivity index (χ4v) is 4.78. The zero-order valence-corrected chi connectivity index (χ0v) is 15.3. The normalized spacial score (nSPS) is 26.1. The van der Waals surface area contributed by atoms with Crippen LogP contribution >= 0.6 is 11.3 Å². The van der Waals surface area contributed by atoms with Crippen LogP contribution in [-0.2, 0) is 17.8 Å². The summed E-state index contributed by atoms with van der Waals surface area (Å²) < 4.78 is 38.7. The van der Waals surface area contributed by atoms with E-state index in [1.54, 1.807) is 11.3 Å². The molecule has 0 unspecified atom stereocenters. The molecule has 25 heavy (non-hydrogen) atoms. The van der Waals surface area contributed by atoms with Gasteiger partial charge in [-0.25, -0.2) is 0 Å². The molecule has 3 atom stereocenters. The van der Waals surface area contributed by atoms with Gasteiger partial charge in [-0.3, -0.25) is 9.69 Å². The van der Waals surface area contributed by atoms with Crippen LogP contribution in [0.3, 0.4) is 0 Å². The maximum Gasteiger partial charge on any atom is 0.391 e. The van der Waals surface area contributed by atoms with Crippen LogP contribution in [0.5, 0.6) is 0 Å². The topological polar surface area (TPSA) is 32.3 Å². The van der Waals surface area contributed by atoms with Crippen molar-refractivity contribution in [3.8, 4) is 0 Å². The maximum atomic E-state index is 12.9. The number of nitrogens with zero attached hydrogens (tertiary/aromatic N) is 1. The van der Waals surface area contributed by atoms with Crippen LogP contribution in [0.2, 0.25) is 0 Å². The Morgan fingerprint density at radius 3 is 3.00 bits per heavy atom. The van der Waals surface area contributed by atoms with Crippen LogP contribution in [0, 0.1) is 11.8 Å². The second-order valence-corrected chi connectivity index (χ2v) is 8.29. The predicted molar refractivity (Wildman–Crippen MR) is 92.4 cm³/mol. The first-order chi connectivity index (χ1) is 11.8. The van der Waals surface area contributed by atoms with Crippen LogP contribution < -0.4 is 5.32 Å². The van der Waals surface area contributed by atoms with Crippen LogP contribution in [-0.4, -0.2) is 36.1 Å². The van der Waals surface area contributed by atoms with Crippen molar-refractivity contribution in [2.24, 2.45) is 11.8 Å². The summed E-state index contributed by atoms with van der Waals surface area (Å²) in [6.45, 7) is 4.40. The number of nitrogens with one attached hydrogen (secondary N) is 1. The van der Waals surface area contributed by atoms with Crippen LogP contribution in [0.15, 0.2) is 11.4 Å². The van der Waals surface area contributed by atoms with Gasteiger partial charge in [0.1, 0.15) is 0 Å². The number of hydrogen-bond donors (Lipinski definition) is 1. The minimum absolute atomic E-state index is 0.0638. The minimum atomic E-state index is -4.18. The highest BCUT2D eigenvalue weighted by atomic mass is 32.1. The van der Waals surface area contributed by atoms with Gasteiger partial charge in [0.2, 0.25) is 5.91 Å². The third kappa shape index (κ3) is 4.56. The predicted octanol–water partition coefficient (Wildman–Crippen LogP) is 3.98. The third-order valence-corrected chi connectivity index (χ3v) is 6.56. The largest absolute Gasteiger partial charge is 0.391 e. The number of thiophene rings is 1. The number of alkyl halides is 3. The number of carbonyl (C=O) groups is 1. The van der Waals surface area contributed by atoms with Gasteiger partial charge in [0.25, 0.3) is 0 Å². The van der Waals surface area contributed by atoms with Crippen molar-refractivity contribution in [2.75, 3.05) is 13.1 Å². The molecule has 3 nitrogen and oxygen atoms in total. The Bertz CT molecular complexity index is 601. The second-order valence-electron chi connectivity index (χ2n) is 7.29. The molecule has 0 radical (unpaired) electrons. The Morgan fingerprint density at radius 2 is 2.24 bits per heavy atom. The van der Waals surface area contributed by atoms with Crippen LogP contribution in [0.1, 0.15) is 43.0 Å². The molecule has 7 heteroatoms. The maximum absolute atomic E-state index is 12.9. The summed E-state index contributed by atoms with van der Waals surface area (Å²) in [7, 11) is 0. The summed E-state index contributed by atoms with van der Waals surface area (Å²) in [6, 6.07) is 2.33. The molecule has 1 saturated carbocycles. The third-order valence-electron chi connectivity index (χ3n) is 5.54. The van der Waals surface area contributed by atoms with Gasteiger partial charge in [0.05, 0.1) is 5.92 Å². The molecule has 140 valence electrons.